The summed E-state index contributed by atoms with van der Waals surface area (Å²) in [6.07, 6.45) is 4.69. The molecule has 0 radical (unpaired) electrons. The maximum absolute atomic E-state index is 12.3. The lowest BCUT2D eigenvalue weighted by Crippen LogP contribution is -2.48. The first-order valence-corrected chi connectivity index (χ1v) is 9.47. The summed E-state index contributed by atoms with van der Waals surface area (Å²) in [6.45, 7) is 5.90. The van der Waals surface area contributed by atoms with Crippen LogP contribution < -0.4 is 5.73 Å². The summed E-state index contributed by atoms with van der Waals surface area (Å²) >= 11 is 0. The minimum absolute atomic E-state index is 0.0246. The fraction of sp³-hybridized carbons (Fsp3) is 0.929. The minimum atomic E-state index is -3.06. The number of amides is 1. The minimum Gasteiger partial charge on any atom is -0.341 e. The standard InChI is InChI=1S/C14H28N2O3S/c1-11(2)9-12-5-4-7-16(10-12)14(17)13(15)6-8-20(3,18)19/h11-13H,4-10,15H2,1-3H3. The predicted molar refractivity (Wildman–Crippen MR) is 81.1 cm³/mol. The first-order valence-electron chi connectivity index (χ1n) is 7.41. The molecule has 0 aromatic heterocycles. The van der Waals surface area contributed by atoms with E-state index >= 15 is 0 Å². The molecule has 2 N–H and O–H groups in total. The Bertz CT molecular complexity index is 420. The van der Waals surface area contributed by atoms with Crippen LogP contribution in [-0.2, 0) is 14.6 Å². The molecule has 0 aromatic carbocycles. The quantitative estimate of drug-likeness (QED) is 0.795. The molecule has 0 bridgehead atoms. The molecule has 1 saturated heterocycles. The van der Waals surface area contributed by atoms with Crippen LogP contribution in [0.3, 0.4) is 0 Å². The third kappa shape index (κ3) is 6.22. The van der Waals surface area contributed by atoms with E-state index in [1.807, 2.05) is 4.90 Å². The van der Waals surface area contributed by atoms with Crippen molar-refractivity contribution in [2.45, 2.75) is 45.6 Å². The summed E-state index contributed by atoms with van der Waals surface area (Å²) in [5.74, 6) is 1.06. The zero-order valence-corrected chi connectivity index (χ0v) is 13.7. The smallest absolute Gasteiger partial charge is 0.239 e. The van der Waals surface area contributed by atoms with Gasteiger partial charge in [-0.05, 0) is 37.5 Å². The number of likely N-dealkylation sites (tertiary alicyclic amines) is 1. The van der Waals surface area contributed by atoms with E-state index < -0.39 is 15.9 Å². The lowest BCUT2D eigenvalue weighted by molar-refractivity contribution is -0.134. The average Bonchev–Trinajstić information content (AvgIpc) is 2.33. The number of piperidine rings is 1. The van der Waals surface area contributed by atoms with Crippen molar-refractivity contribution in [3.8, 4) is 0 Å². The van der Waals surface area contributed by atoms with E-state index in [4.69, 9.17) is 5.73 Å². The van der Waals surface area contributed by atoms with E-state index in [-0.39, 0.29) is 18.1 Å². The highest BCUT2D eigenvalue weighted by molar-refractivity contribution is 7.90. The van der Waals surface area contributed by atoms with Gasteiger partial charge in [0.05, 0.1) is 11.8 Å². The number of hydrogen-bond donors (Lipinski definition) is 1. The van der Waals surface area contributed by atoms with Gasteiger partial charge in [-0.3, -0.25) is 4.79 Å². The molecule has 2 atom stereocenters. The maximum Gasteiger partial charge on any atom is 0.239 e. The molecule has 1 fully saturated rings. The van der Waals surface area contributed by atoms with Crippen LogP contribution in [0.4, 0.5) is 0 Å². The Morgan fingerprint density at radius 3 is 2.60 bits per heavy atom. The van der Waals surface area contributed by atoms with Gasteiger partial charge in [0.15, 0.2) is 0 Å². The van der Waals surface area contributed by atoms with Crippen molar-refractivity contribution in [3.05, 3.63) is 0 Å². The third-order valence-corrected chi connectivity index (χ3v) is 4.73. The number of hydrogen-bond acceptors (Lipinski definition) is 4. The number of carbonyl (C=O) groups excluding carboxylic acids is 1. The monoisotopic (exact) mass is 304 g/mol. The van der Waals surface area contributed by atoms with E-state index in [2.05, 4.69) is 13.8 Å². The summed E-state index contributed by atoms with van der Waals surface area (Å²) < 4.78 is 22.3. The van der Waals surface area contributed by atoms with Gasteiger partial charge in [0.1, 0.15) is 9.84 Å². The van der Waals surface area contributed by atoms with Gasteiger partial charge in [0.25, 0.3) is 0 Å². The Kier molecular flexibility index (Phi) is 6.45. The molecule has 1 aliphatic rings. The lowest BCUT2D eigenvalue weighted by atomic mass is 9.89. The largest absolute Gasteiger partial charge is 0.341 e. The number of rotatable bonds is 6. The fourth-order valence-electron chi connectivity index (χ4n) is 2.82. The van der Waals surface area contributed by atoms with Gasteiger partial charge in [-0.25, -0.2) is 8.42 Å². The molecule has 20 heavy (non-hydrogen) atoms. The van der Waals surface area contributed by atoms with Crippen LogP contribution in [0.15, 0.2) is 0 Å². The Morgan fingerprint density at radius 1 is 1.40 bits per heavy atom. The molecule has 5 nitrogen and oxygen atoms in total. The zero-order valence-electron chi connectivity index (χ0n) is 12.8. The van der Waals surface area contributed by atoms with Crippen molar-refractivity contribution in [1.29, 1.82) is 0 Å². The molecule has 0 spiro atoms. The summed E-state index contributed by atoms with van der Waals surface area (Å²) in [6, 6.07) is -0.692. The lowest BCUT2D eigenvalue weighted by Gasteiger charge is -2.35. The molecule has 1 rings (SSSR count). The number of carbonyl (C=O) groups is 1. The van der Waals surface area contributed by atoms with Crippen molar-refractivity contribution in [2.75, 3.05) is 25.1 Å². The summed E-state index contributed by atoms with van der Waals surface area (Å²) in [4.78, 5) is 14.1. The van der Waals surface area contributed by atoms with Crippen molar-refractivity contribution in [3.63, 3.8) is 0 Å². The molecule has 1 aliphatic heterocycles. The Morgan fingerprint density at radius 2 is 2.05 bits per heavy atom. The summed E-state index contributed by atoms with van der Waals surface area (Å²) in [5.41, 5.74) is 5.85. The van der Waals surface area contributed by atoms with E-state index in [1.54, 1.807) is 0 Å². The molecule has 0 aliphatic carbocycles. The maximum atomic E-state index is 12.3. The Hall–Kier alpha value is -0.620. The van der Waals surface area contributed by atoms with E-state index in [0.29, 0.717) is 11.8 Å². The first-order chi connectivity index (χ1) is 9.19. The molecule has 2 unspecified atom stereocenters. The van der Waals surface area contributed by atoms with Gasteiger partial charge >= 0.3 is 0 Å². The number of sulfone groups is 1. The van der Waals surface area contributed by atoms with Crippen LogP contribution >= 0.6 is 0 Å². The second-order valence-electron chi connectivity index (χ2n) is 6.45. The normalized spacial score (nSPS) is 22.1. The summed E-state index contributed by atoms with van der Waals surface area (Å²) in [7, 11) is -3.06. The van der Waals surface area contributed by atoms with Gasteiger partial charge in [0, 0.05) is 19.3 Å². The zero-order chi connectivity index (χ0) is 15.3. The van der Waals surface area contributed by atoms with Gasteiger partial charge in [0.2, 0.25) is 5.91 Å². The van der Waals surface area contributed by atoms with Crippen molar-refractivity contribution < 1.29 is 13.2 Å². The molecule has 1 amide bonds. The van der Waals surface area contributed by atoms with Gasteiger partial charge < -0.3 is 10.6 Å². The first kappa shape index (κ1) is 17.4. The molecular weight excluding hydrogens is 276 g/mol. The average molecular weight is 304 g/mol. The van der Waals surface area contributed by atoms with Gasteiger partial charge in [-0.1, -0.05) is 13.8 Å². The van der Waals surface area contributed by atoms with Crippen LogP contribution in [0.1, 0.15) is 39.5 Å². The van der Waals surface area contributed by atoms with Crippen molar-refractivity contribution in [1.82, 2.24) is 4.90 Å². The second-order valence-corrected chi connectivity index (χ2v) is 8.71. The Balaban J connectivity index is 2.49. The highest BCUT2D eigenvalue weighted by atomic mass is 32.2. The highest BCUT2D eigenvalue weighted by Crippen LogP contribution is 2.23. The van der Waals surface area contributed by atoms with Crippen molar-refractivity contribution >= 4 is 15.7 Å². The SMILES string of the molecule is CC(C)CC1CCCN(C(=O)C(N)CCS(C)(=O)=O)C1. The molecule has 6 heteroatoms. The van der Waals surface area contributed by atoms with Crippen molar-refractivity contribution in [2.24, 2.45) is 17.6 Å². The van der Waals surface area contributed by atoms with E-state index in [0.717, 1.165) is 25.9 Å². The highest BCUT2D eigenvalue weighted by Gasteiger charge is 2.27. The molecule has 0 saturated carbocycles. The molecular formula is C14H28N2O3S. The Labute approximate surface area is 122 Å². The molecule has 118 valence electrons. The number of nitrogens with zero attached hydrogens (tertiary/aromatic N) is 1. The molecule has 1 heterocycles. The topological polar surface area (TPSA) is 80.5 Å². The van der Waals surface area contributed by atoms with Crippen LogP contribution in [0.5, 0.6) is 0 Å². The van der Waals surface area contributed by atoms with E-state index in [1.165, 1.54) is 12.7 Å². The van der Waals surface area contributed by atoms with Gasteiger partial charge in [-0.2, -0.15) is 0 Å². The van der Waals surface area contributed by atoms with Gasteiger partial charge in [-0.15, -0.1) is 0 Å². The predicted octanol–water partition coefficient (Wildman–Crippen LogP) is 1.03. The second kappa shape index (κ2) is 7.41. The van der Waals surface area contributed by atoms with Crippen LogP contribution in [0.25, 0.3) is 0 Å². The summed E-state index contributed by atoms with van der Waals surface area (Å²) in [5, 5.41) is 0. The van der Waals surface area contributed by atoms with Crippen LogP contribution in [-0.4, -0.2) is 50.4 Å². The van der Waals surface area contributed by atoms with Crippen LogP contribution in [0.2, 0.25) is 0 Å². The number of nitrogens with two attached hydrogens (primary N) is 1. The molecule has 0 aromatic rings. The fourth-order valence-corrected chi connectivity index (χ4v) is 3.51. The third-order valence-electron chi connectivity index (χ3n) is 3.75. The van der Waals surface area contributed by atoms with Crippen LogP contribution in [0, 0.1) is 11.8 Å². The van der Waals surface area contributed by atoms with E-state index in [9.17, 15) is 13.2 Å².